The molecule has 26 heteroatoms. The van der Waals surface area contributed by atoms with E-state index < -0.39 is 142 Å². The molecule has 0 saturated heterocycles. The molecule has 0 fully saturated rings. The molecule has 3 atom stereocenters. The van der Waals surface area contributed by atoms with Crippen LogP contribution in [0.4, 0.5) is 79.0 Å². The Labute approximate surface area is 379 Å². The average Bonchev–Trinajstić information content (AvgIpc) is 3.20. The van der Waals surface area contributed by atoms with Crippen molar-refractivity contribution in [3.05, 3.63) is 87.5 Å². The lowest BCUT2D eigenvalue weighted by molar-refractivity contribution is -1.07. The van der Waals surface area contributed by atoms with Crippen molar-refractivity contribution < 1.29 is 112 Å². The molecule has 0 heterocycles. The molecule has 0 aliphatic rings. The average molecular weight is 1010 g/mol. The number of benzene rings is 3. The highest BCUT2D eigenvalue weighted by atomic mass is 19.4. The van der Waals surface area contributed by atoms with Crippen LogP contribution in [0, 0.1) is 0 Å². The van der Waals surface area contributed by atoms with Crippen molar-refractivity contribution in [3.8, 4) is 17.2 Å². The normalized spacial score (nSPS) is 15.9. The van der Waals surface area contributed by atoms with Crippen LogP contribution < -0.4 is 14.0 Å². The lowest BCUT2D eigenvalue weighted by atomic mass is 9.89. The van der Waals surface area contributed by atoms with Gasteiger partial charge in [0.15, 0.2) is 12.5 Å². The summed E-state index contributed by atoms with van der Waals surface area (Å²) in [6.07, 6.45) is -36.1. The van der Waals surface area contributed by atoms with Crippen molar-refractivity contribution in [2.45, 2.75) is 129 Å². The Morgan fingerprint density at radius 3 is 1.12 bits per heavy atom. The van der Waals surface area contributed by atoms with Crippen LogP contribution in [0.25, 0.3) is 0 Å². The summed E-state index contributed by atoms with van der Waals surface area (Å²) >= 11 is 0. The molecular weight excluding hydrogens is 967 g/mol. The van der Waals surface area contributed by atoms with Crippen LogP contribution in [0.3, 0.4) is 0 Å². The minimum absolute atomic E-state index is 0.00267. The summed E-state index contributed by atoms with van der Waals surface area (Å²) in [7, 11) is -3.42. The largest absolute Gasteiger partial charge is 0.864 e. The Bertz CT molecular complexity index is 1960. The molecule has 0 aliphatic carbocycles. The zero-order valence-corrected chi connectivity index (χ0v) is 37.2. The Morgan fingerprint density at radius 2 is 0.809 bits per heavy atom. The first-order chi connectivity index (χ1) is 31.0. The van der Waals surface area contributed by atoms with Gasteiger partial charge >= 0.3 is 44.4 Å². The second-order valence-corrected chi connectivity index (χ2v) is 15.4. The maximum Gasteiger partial charge on any atom is 0.864 e. The van der Waals surface area contributed by atoms with Crippen molar-refractivity contribution in [2.75, 3.05) is 26.4 Å². The van der Waals surface area contributed by atoms with Crippen molar-refractivity contribution in [2.24, 2.45) is 0 Å². The molecule has 0 radical (unpaired) electrons. The van der Waals surface area contributed by atoms with Crippen molar-refractivity contribution in [1.82, 2.24) is 0 Å². The Balaban J connectivity index is 2.71. The second-order valence-electron chi connectivity index (χ2n) is 15.4. The summed E-state index contributed by atoms with van der Waals surface area (Å²) < 4.78 is 292. The molecule has 3 aromatic carbocycles. The lowest BCUT2D eigenvalue weighted by Gasteiger charge is -2.56. The molecule has 0 aromatic heterocycles. The predicted molar refractivity (Wildman–Crippen MR) is 207 cm³/mol. The van der Waals surface area contributed by atoms with Gasteiger partial charge in [-0.05, 0) is 74.2 Å². The molecular formula is C42H47BF18NO6+. The molecule has 0 N–H and O–H groups in total. The smallest absolute Gasteiger partial charge is 0.490 e. The van der Waals surface area contributed by atoms with Gasteiger partial charge < -0.3 is 28.2 Å². The minimum atomic E-state index is -5.85. The first kappa shape index (κ1) is 58.0. The second kappa shape index (κ2) is 21.8. The van der Waals surface area contributed by atoms with Crippen LogP contribution in [0.2, 0.25) is 0 Å². The molecule has 384 valence electrons. The number of hydrogen-bond acceptors (Lipinski definition) is 6. The summed E-state index contributed by atoms with van der Waals surface area (Å²) in [5, 5.41) is 0. The third-order valence-corrected chi connectivity index (χ3v) is 10.4. The van der Waals surface area contributed by atoms with Crippen LogP contribution in [0.15, 0.2) is 48.5 Å². The quantitative estimate of drug-likeness (QED) is 0.0459. The lowest BCUT2D eigenvalue weighted by Crippen LogP contribution is -2.72. The van der Waals surface area contributed by atoms with Crippen LogP contribution in [-0.2, 0) is 57.0 Å². The summed E-state index contributed by atoms with van der Waals surface area (Å²) in [4.78, 5) is 0. The van der Waals surface area contributed by atoms with E-state index in [0.29, 0.717) is 12.8 Å². The summed E-state index contributed by atoms with van der Waals surface area (Å²) in [6.45, 7) is 9.22. The predicted octanol–water partition coefficient (Wildman–Crippen LogP) is 14.7. The fourth-order valence-corrected chi connectivity index (χ4v) is 7.44. The van der Waals surface area contributed by atoms with Crippen LogP contribution in [0.5, 0.6) is 17.2 Å². The molecule has 7 nitrogen and oxygen atoms in total. The zero-order valence-electron chi connectivity index (χ0n) is 37.2. The van der Waals surface area contributed by atoms with Crippen LogP contribution in [-0.4, -0.2) is 50.6 Å². The minimum Gasteiger partial charge on any atom is -0.490 e. The Kier molecular flexibility index (Phi) is 18.6. The van der Waals surface area contributed by atoms with E-state index in [4.69, 9.17) is 28.2 Å². The maximum absolute atomic E-state index is 15.6. The molecule has 3 rings (SSSR count). The van der Waals surface area contributed by atoms with E-state index in [0.717, 1.165) is 6.92 Å². The topological polar surface area (TPSA) is 55.4 Å². The number of alkyl halides is 18. The van der Waals surface area contributed by atoms with Gasteiger partial charge in [-0.3, -0.25) is 0 Å². The van der Waals surface area contributed by atoms with E-state index >= 15 is 13.2 Å². The third-order valence-electron chi connectivity index (χ3n) is 10.4. The summed E-state index contributed by atoms with van der Waals surface area (Å²) in [5.74, 6) is -4.96. The van der Waals surface area contributed by atoms with E-state index in [9.17, 15) is 65.9 Å². The molecule has 0 aliphatic heterocycles. The van der Waals surface area contributed by atoms with Gasteiger partial charge in [0.2, 0.25) is 5.72 Å². The first-order valence-corrected chi connectivity index (χ1v) is 20.7. The highest BCUT2D eigenvalue weighted by molar-refractivity contribution is 6.39. The fourth-order valence-electron chi connectivity index (χ4n) is 7.44. The number of hydrogen-bond donors (Lipinski definition) is 0. The van der Waals surface area contributed by atoms with E-state index in [1.807, 2.05) is 0 Å². The fraction of sp³-hybridized carbons (Fsp3) is 0.571. The monoisotopic (exact) mass is 1010 g/mol. The van der Waals surface area contributed by atoms with E-state index in [2.05, 4.69) is 0 Å². The number of quaternary nitrogens is 1. The Morgan fingerprint density at radius 1 is 0.456 bits per heavy atom. The standard InChI is InChI=1S/C42H47BF18NO6/c1-8-12-62(24(5)63-13-9-2,25(6)64-14-10-3)36(7,65-15-11-4)35-33(42(59,60)61)22-30(41(56,57)58)23-34(35)68-43(66-31-18-26(37(44,45)46)16-27(19-31)38(47,48)49)67-32-20-28(39(50,51)52)17-29(21-32)40(53,54)55/h16-25H,8-15H2,1-7H3/q+1. The zero-order chi connectivity index (χ0) is 52.1. The van der Waals surface area contributed by atoms with E-state index in [1.54, 1.807) is 20.8 Å². The molecule has 0 bridgehead atoms. The summed E-state index contributed by atoms with van der Waals surface area (Å²) in [6, 6.07) is -2.08. The highest BCUT2D eigenvalue weighted by Crippen LogP contribution is 2.53. The molecule has 3 unspecified atom stereocenters. The van der Waals surface area contributed by atoms with Crippen LogP contribution in [0.1, 0.15) is 113 Å². The van der Waals surface area contributed by atoms with Crippen molar-refractivity contribution in [1.29, 1.82) is 0 Å². The third kappa shape index (κ3) is 13.9. The van der Waals surface area contributed by atoms with Gasteiger partial charge in [0.25, 0.3) is 0 Å². The number of ether oxygens (including phenoxy) is 3. The van der Waals surface area contributed by atoms with Gasteiger partial charge in [0, 0.05) is 20.8 Å². The van der Waals surface area contributed by atoms with Crippen LogP contribution >= 0.6 is 0 Å². The molecule has 3 aromatic rings. The Hall–Kier alpha value is -4.30. The number of nitrogens with zero attached hydrogens (tertiary/aromatic N) is 1. The molecule has 0 spiro atoms. The maximum atomic E-state index is 15.6. The van der Waals surface area contributed by atoms with Crippen molar-refractivity contribution >= 4 is 7.32 Å². The van der Waals surface area contributed by atoms with E-state index in [1.165, 1.54) is 20.8 Å². The van der Waals surface area contributed by atoms with Gasteiger partial charge in [-0.1, -0.05) is 27.7 Å². The van der Waals surface area contributed by atoms with E-state index in [-0.39, 0.29) is 69.0 Å². The number of rotatable bonds is 21. The van der Waals surface area contributed by atoms with Gasteiger partial charge in [0.05, 0.1) is 65.3 Å². The SMILES string of the molecule is CCCOC(C)[N+](CCC)(C(C)OCCC)C(C)(OCCC)c1c(OB(Oc2cc(C(F)(F)F)cc(C(F)(F)F)c2)Oc2cc(C(F)(F)F)cc(C(F)(F)F)c2)cc(C(F)(F)F)cc1C(F)(F)F. The summed E-state index contributed by atoms with van der Waals surface area (Å²) in [5.41, 5.74) is -17.0. The van der Waals surface area contributed by atoms with Gasteiger partial charge in [-0.2, -0.15) is 79.0 Å². The highest BCUT2D eigenvalue weighted by Gasteiger charge is 2.61. The van der Waals surface area contributed by atoms with Gasteiger partial charge in [-0.15, -0.1) is 0 Å². The van der Waals surface area contributed by atoms with Gasteiger partial charge in [0.1, 0.15) is 17.2 Å². The molecule has 0 saturated carbocycles. The number of halogens is 18. The molecule has 68 heavy (non-hydrogen) atoms. The first-order valence-electron chi connectivity index (χ1n) is 20.7. The van der Waals surface area contributed by atoms with Crippen molar-refractivity contribution in [3.63, 3.8) is 0 Å². The molecule has 0 amide bonds. The van der Waals surface area contributed by atoms with Gasteiger partial charge in [-0.25, -0.2) is 4.48 Å².